The molecule has 1 aliphatic carbocycles. The lowest BCUT2D eigenvalue weighted by Crippen LogP contribution is -2.29. The molecule has 0 aliphatic heterocycles. The summed E-state index contributed by atoms with van der Waals surface area (Å²) in [6.07, 6.45) is 1.49. The predicted molar refractivity (Wildman–Crippen MR) is 54.8 cm³/mol. The van der Waals surface area contributed by atoms with Gasteiger partial charge in [-0.05, 0) is 43.0 Å². The molecule has 0 saturated carbocycles. The van der Waals surface area contributed by atoms with E-state index in [-0.39, 0.29) is 0 Å². The molecule has 1 atom stereocenters. The Kier molecular flexibility index (Phi) is 2.04. The molecule has 0 bridgehead atoms. The number of hydrogen-bond acceptors (Lipinski definition) is 1. The fourth-order valence-corrected chi connectivity index (χ4v) is 2.19. The zero-order chi connectivity index (χ0) is 10.3. The number of hydrogen-bond donors (Lipinski definition) is 1. The van der Waals surface area contributed by atoms with Gasteiger partial charge in [0, 0.05) is 5.02 Å². The summed E-state index contributed by atoms with van der Waals surface area (Å²) in [5.74, 6) is -0.765. The summed E-state index contributed by atoms with van der Waals surface area (Å²) in [6, 6.07) is 5.51. The third kappa shape index (κ3) is 1.22. The molecule has 1 aromatic carbocycles. The van der Waals surface area contributed by atoms with Crippen LogP contribution in [0.2, 0.25) is 5.02 Å². The van der Waals surface area contributed by atoms with Crippen LogP contribution in [0.1, 0.15) is 24.5 Å². The van der Waals surface area contributed by atoms with Crippen molar-refractivity contribution in [2.45, 2.75) is 25.2 Å². The van der Waals surface area contributed by atoms with Gasteiger partial charge in [-0.2, -0.15) is 0 Å². The van der Waals surface area contributed by atoms with Crippen molar-refractivity contribution in [1.29, 1.82) is 0 Å². The van der Waals surface area contributed by atoms with Gasteiger partial charge in [-0.25, -0.2) is 0 Å². The van der Waals surface area contributed by atoms with Gasteiger partial charge in [0.2, 0.25) is 0 Å². The summed E-state index contributed by atoms with van der Waals surface area (Å²) in [5.41, 5.74) is 1.23. The first-order valence-corrected chi connectivity index (χ1v) is 4.94. The maximum Gasteiger partial charge on any atom is 0.313 e. The number of fused-ring (bicyclic) bond motifs is 1. The minimum absolute atomic E-state index is 0.609. The Morgan fingerprint density at radius 2 is 2.29 bits per heavy atom. The van der Waals surface area contributed by atoms with E-state index < -0.39 is 11.4 Å². The van der Waals surface area contributed by atoms with E-state index in [1.54, 1.807) is 13.0 Å². The molecule has 0 unspecified atom stereocenters. The highest BCUT2D eigenvalue weighted by molar-refractivity contribution is 6.30. The number of aryl methyl sites for hydroxylation is 1. The van der Waals surface area contributed by atoms with Crippen LogP contribution < -0.4 is 0 Å². The highest BCUT2D eigenvalue weighted by Crippen LogP contribution is 2.39. The molecule has 2 rings (SSSR count). The van der Waals surface area contributed by atoms with Crippen LogP contribution in [-0.2, 0) is 16.6 Å². The second kappa shape index (κ2) is 2.99. The summed E-state index contributed by atoms with van der Waals surface area (Å²) in [7, 11) is 0. The number of benzene rings is 1. The average Bonchev–Trinajstić information content (AvgIpc) is 2.46. The minimum atomic E-state index is -0.765. The van der Waals surface area contributed by atoms with Crippen LogP contribution >= 0.6 is 11.6 Å². The Hall–Kier alpha value is -1.02. The van der Waals surface area contributed by atoms with Gasteiger partial charge in [0.25, 0.3) is 0 Å². The molecule has 74 valence electrons. The van der Waals surface area contributed by atoms with Gasteiger partial charge in [0.05, 0.1) is 5.41 Å². The maximum absolute atomic E-state index is 11.2. The second-order valence-electron chi connectivity index (χ2n) is 3.94. The quantitative estimate of drug-likeness (QED) is 0.774. The molecule has 0 saturated heterocycles. The topological polar surface area (TPSA) is 37.3 Å². The van der Waals surface area contributed by atoms with Gasteiger partial charge >= 0.3 is 5.97 Å². The second-order valence-corrected chi connectivity index (χ2v) is 4.38. The number of carbonyl (C=O) groups is 1. The summed E-state index contributed by atoms with van der Waals surface area (Å²) in [4.78, 5) is 11.2. The summed E-state index contributed by atoms with van der Waals surface area (Å²) in [6.45, 7) is 1.76. The van der Waals surface area contributed by atoms with Crippen molar-refractivity contribution >= 4 is 17.6 Å². The maximum atomic E-state index is 11.2. The van der Waals surface area contributed by atoms with Crippen molar-refractivity contribution < 1.29 is 9.90 Å². The van der Waals surface area contributed by atoms with Crippen LogP contribution in [0.15, 0.2) is 18.2 Å². The van der Waals surface area contributed by atoms with Gasteiger partial charge in [-0.15, -0.1) is 0 Å². The number of aliphatic carboxylic acids is 1. The van der Waals surface area contributed by atoms with Gasteiger partial charge in [0.1, 0.15) is 0 Å². The Labute approximate surface area is 87.5 Å². The fourth-order valence-electron chi connectivity index (χ4n) is 2.02. The van der Waals surface area contributed by atoms with E-state index >= 15 is 0 Å². The van der Waals surface area contributed by atoms with E-state index in [0.717, 1.165) is 17.5 Å². The molecule has 1 N–H and O–H groups in total. The standard InChI is InChI=1S/C11H11ClO2/c1-11(10(13)14)5-4-7-2-3-8(12)6-9(7)11/h2-3,6H,4-5H2,1H3,(H,13,14)/t11-/m1/s1. The Morgan fingerprint density at radius 1 is 1.57 bits per heavy atom. The minimum Gasteiger partial charge on any atom is -0.481 e. The Morgan fingerprint density at radius 3 is 2.93 bits per heavy atom. The molecule has 0 heterocycles. The average molecular weight is 211 g/mol. The summed E-state index contributed by atoms with van der Waals surface area (Å²) in [5, 5.41) is 9.78. The zero-order valence-electron chi connectivity index (χ0n) is 7.88. The molecule has 1 aliphatic rings. The van der Waals surface area contributed by atoms with Crippen LogP contribution in [-0.4, -0.2) is 11.1 Å². The molecule has 0 radical (unpaired) electrons. The van der Waals surface area contributed by atoms with Crippen LogP contribution in [0.25, 0.3) is 0 Å². The van der Waals surface area contributed by atoms with Crippen molar-refractivity contribution in [3.63, 3.8) is 0 Å². The van der Waals surface area contributed by atoms with Gasteiger partial charge in [-0.1, -0.05) is 17.7 Å². The van der Waals surface area contributed by atoms with Crippen molar-refractivity contribution in [1.82, 2.24) is 0 Å². The lowest BCUT2D eigenvalue weighted by molar-refractivity contribution is -0.143. The van der Waals surface area contributed by atoms with Crippen molar-refractivity contribution in [3.05, 3.63) is 34.3 Å². The lowest BCUT2D eigenvalue weighted by Gasteiger charge is -2.19. The SMILES string of the molecule is C[C@@]1(C(=O)O)CCc2ccc(Cl)cc21. The largest absolute Gasteiger partial charge is 0.481 e. The molecule has 0 amide bonds. The first kappa shape index (κ1) is 9.53. The van der Waals surface area contributed by atoms with Crippen LogP contribution in [0, 0.1) is 0 Å². The molecule has 2 nitrogen and oxygen atoms in total. The first-order chi connectivity index (χ1) is 6.54. The summed E-state index contributed by atoms with van der Waals surface area (Å²) >= 11 is 5.86. The van der Waals surface area contributed by atoms with E-state index in [0.29, 0.717) is 11.4 Å². The first-order valence-electron chi connectivity index (χ1n) is 4.56. The highest BCUT2D eigenvalue weighted by Gasteiger charge is 2.41. The predicted octanol–water partition coefficient (Wildman–Crippen LogP) is 2.63. The third-order valence-corrected chi connectivity index (χ3v) is 3.27. The van der Waals surface area contributed by atoms with E-state index in [2.05, 4.69) is 0 Å². The fraction of sp³-hybridized carbons (Fsp3) is 0.364. The number of carboxylic acid groups (broad SMARTS) is 1. The van der Waals surface area contributed by atoms with Gasteiger partial charge in [-0.3, -0.25) is 4.79 Å². The highest BCUT2D eigenvalue weighted by atomic mass is 35.5. The number of rotatable bonds is 1. The molecule has 0 aromatic heterocycles. The zero-order valence-corrected chi connectivity index (χ0v) is 8.64. The molecule has 0 spiro atoms. The van der Waals surface area contributed by atoms with Crippen LogP contribution in [0.4, 0.5) is 0 Å². The van der Waals surface area contributed by atoms with Crippen molar-refractivity contribution in [2.75, 3.05) is 0 Å². The molecular weight excluding hydrogens is 200 g/mol. The van der Waals surface area contributed by atoms with Gasteiger partial charge in [0.15, 0.2) is 0 Å². The number of carboxylic acids is 1. The smallest absolute Gasteiger partial charge is 0.313 e. The lowest BCUT2D eigenvalue weighted by atomic mass is 9.84. The van der Waals surface area contributed by atoms with E-state index in [4.69, 9.17) is 16.7 Å². The normalized spacial score (nSPS) is 24.7. The molecular formula is C11H11ClO2. The molecule has 0 fully saturated rings. The summed E-state index contributed by atoms with van der Waals surface area (Å²) < 4.78 is 0. The van der Waals surface area contributed by atoms with E-state index in [9.17, 15) is 4.79 Å². The Balaban J connectivity index is 2.58. The van der Waals surface area contributed by atoms with Gasteiger partial charge < -0.3 is 5.11 Å². The number of halogens is 1. The molecule has 14 heavy (non-hydrogen) atoms. The van der Waals surface area contributed by atoms with E-state index in [1.807, 2.05) is 12.1 Å². The van der Waals surface area contributed by atoms with Crippen molar-refractivity contribution in [2.24, 2.45) is 0 Å². The van der Waals surface area contributed by atoms with Crippen LogP contribution in [0.5, 0.6) is 0 Å². The molecule has 1 aromatic rings. The van der Waals surface area contributed by atoms with Crippen molar-refractivity contribution in [3.8, 4) is 0 Å². The van der Waals surface area contributed by atoms with E-state index in [1.165, 1.54) is 0 Å². The van der Waals surface area contributed by atoms with Crippen LogP contribution in [0.3, 0.4) is 0 Å². The Bertz CT molecular complexity index is 400. The third-order valence-electron chi connectivity index (χ3n) is 3.03. The molecule has 3 heteroatoms. The monoisotopic (exact) mass is 210 g/mol.